The summed E-state index contributed by atoms with van der Waals surface area (Å²) in [5, 5.41) is 17.1. The van der Waals surface area contributed by atoms with E-state index in [9.17, 15) is 14.9 Å². The van der Waals surface area contributed by atoms with Crippen LogP contribution in [0.4, 0.5) is 5.69 Å². The largest absolute Gasteiger partial charge is 0.352 e. The summed E-state index contributed by atoms with van der Waals surface area (Å²) in [4.78, 5) is 22.5. The van der Waals surface area contributed by atoms with E-state index in [2.05, 4.69) is 10.6 Å². The lowest BCUT2D eigenvalue weighted by Gasteiger charge is -2.11. The number of carbonyl (C=O) groups excluding carboxylic acids is 1. The van der Waals surface area contributed by atoms with Crippen LogP contribution in [0, 0.1) is 17.0 Å². The Morgan fingerprint density at radius 1 is 1.55 bits per heavy atom. The van der Waals surface area contributed by atoms with Gasteiger partial charge in [-0.3, -0.25) is 14.9 Å². The Bertz CT molecular complexity index is 510. The molecule has 0 aromatic heterocycles. The van der Waals surface area contributed by atoms with E-state index in [1.165, 1.54) is 12.5 Å². The molecule has 1 saturated heterocycles. The average molecular weight is 277 g/mol. The van der Waals surface area contributed by atoms with Gasteiger partial charge in [0.2, 0.25) is 0 Å². The lowest BCUT2D eigenvalue weighted by molar-refractivity contribution is -0.385. The van der Waals surface area contributed by atoms with Crippen LogP contribution in [-0.4, -0.2) is 30.0 Å². The quantitative estimate of drug-likeness (QED) is 0.634. The summed E-state index contributed by atoms with van der Waals surface area (Å²) in [5.41, 5.74) is 0.819. The highest BCUT2D eigenvalue weighted by atomic mass is 16.6. The molecule has 1 fully saturated rings. The molecule has 0 saturated carbocycles. The highest BCUT2D eigenvalue weighted by Crippen LogP contribution is 2.19. The van der Waals surface area contributed by atoms with Crippen molar-refractivity contribution in [2.45, 2.75) is 32.2 Å². The van der Waals surface area contributed by atoms with E-state index >= 15 is 0 Å². The molecule has 108 valence electrons. The standard InChI is InChI=1S/C14H19N3O3/c1-10-4-5-13(17(19)20)12(9-10)14(18)16-8-6-11-3-2-7-15-11/h4-5,9,11,15H,2-3,6-8H2,1H3,(H,16,18)/t11-/m1/s1. The van der Waals surface area contributed by atoms with Crippen LogP contribution in [0.2, 0.25) is 0 Å². The normalized spacial score (nSPS) is 17.9. The molecular weight excluding hydrogens is 258 g/mol. The zero-order valence-electron chi connectivity index (χ0n) is 11.5. The lowest BCUT2D eigenvalue weighted by atomic mass is 10.1. The van der Waals surface area contributed by atoms with Crippen molar-refractivity contribution >= 4 is 11.6 Å². The van der Waals surface area contributed by atoms with Gasteiger partial charge in [-0.1, -0.05) is 6.07 Å². The second kappa shape index (κ2) is 6.47. The third-order valence-corrected chi connectivity index (χ3v) is 3.53. The maximum absolute atomic E-state index is 12.1. The van der Waals surface area contributed by atoms with Crippen molar-refractivity contribution in [2.24, 2.45) is 0 Å². The maximum Gasteiger partial charge on any atom is 0.282 e. The van der Waals surface area contributed by atoms with Gasteiger partial charge >= 0.3 is 0 Å². The molecule has 0 unspecified atom stereocenters. The topological polar surface area (TPSA) is 84.3 Å². The van der Waals surface area contributed by atoms with Crippen LogP contribution < -0.4 is 10.6 Å². The summed E-state index contributed by atoms with van der Waals surface area (Å²) < 4.78 is 0. The minimum atomic E-state index is -0.521. The molecule has 1 aliphatic rings. The molecule has 20 heavy (non-hydrogen) atoms. The van der Waals surface area contributed by atoms with Gasteiger partial charge in [-0.05, 0) is 44.4 Å². The number of aryl methyl sites for hydroxylation is 1. The Morgan fingerprint density at radius 3 is 3.00 bits per heavy atom. The Balaban J connectivity index is 1.97. The fraction of sp³-hybridized carbons (Fsp3) is 0.500. The molecule has 0 aliphatic carbocycles. The molecule has 1 atom stereocenters. The molecule has 1 heterocycles. The zero-order valence-corrected chi connectivity index (χ0v) is 11.5. The van der Waals surface area contributed by atoms with Gasteiger partial charge in [-0.2, -0.15) is 0 Å². The minimum absolute atomic E-state index is 0.134. The van der Waals surface area contributed by atoms with Crippen LogP contribution in [0.1, 0.15) is 35.2 Å². The van der Waals surface area contributed by atoms with Crippen LogP contribution in [0.3, 0.4) is 0 Å². The number of hydrogen-bond donors (Lipinski definition) is 2. The van der Waals surface area contributed by atoms with Gasteiger partial charge in [0.1, 0.15) is 5.56 Å². The average Bonchev–Trinajstić information content (AvgIpc) is 2.91. The molecule has 1 aromatic carbocycles. The summed E-state index contributed by atoms with van der Waals surface area (Å²) in [6, 6.07) is 5.02. The number of rotatable bonds is 5. The van der Waals surface area contributed by atoms with Crippen LogP contribution >= 0.6 is 0 Å². The molecule has 1 aliphatic heterocycles. The summed E-state index contributed by atoms with van der Waals surface area (Å²) in [7, 11) is 0. The number of hydrogen-bond acceptors (Lipinski definition) is 4. The van der Waals surface area contributed by atoms with E-state index in [0.717, 1.165) is 24.9 Å². The first-order valence-corrected chi connectivity index (χ1v) is 6.84. The molecule has 0 spiro atoms. The predicted octanol–water partition coefficient (Wildman–Crippen LogP) is 1.78. The van der Waals surface area contributed by atoms with Gasteiger partial charge in [-0.25, -0.2) is 0 Å². The zero-order chi connectivity index (χ0) is 14.5. The number of nitrogens with one attached hydrogen (secondary N) is 2. The summed E-state index contributed by atoms with van der Waals surface area (Å²) in [6.07, 6.45) is 3.15. The van der Waals surface area contributed by atoms with Gasteiger partial charge in [0, 0.05) is 18.7 Å². The Hall–Kier alpha value is -1.95. The summed E-state index contributed by atoms with van der Waals surface area (Å²) >= 11 is 0. The van der Waals surface area contributed by atoms with Crippen molar-refractivity contribution < 1.29 is 9.72 Å². The van der Waals surface area contributed by atoms with E-state index in [0.29, 0.717) is 12.6 Å². The van der Waals surface area contributed by atoms with E-state index in [-0.39, 0.29) is 17.2 Å². The highest BCUT2D eigenvalue weighted by molar-refractivity contribution is 5.98. The SMILES string of the molecule is Cc1ccc([N+](=O)[O-])c(C(=O)NCC[C@H]2CCCN2)c1. The van der Waals surface area contributed by atoms with Crippen molar-refractivity contribution in [3.8, 4) is 0 Å². The fourth-order valence-corrected chi connectivity index (χ4v) is 2.45. The molecule has 6 heteroatoms. The molecule has 1 aromatic rings. The molecule has 0 radical (unpaired) electrons. The highest BCUT2D eigenvalue weighted by Gasteiger charge is 2.20. The number of amides is 1. The van der Waals surface area contributed by atoms with Crippen molar-refractivity contribution in [1.82, 2.24) is 10.6 Å². The van der Waals surface area contributed by atoms with E-state index in [1.807, 2.05) is 6.92 Å². The Morgan fingerprint density at radius 2 is 2.35 bits per heavy atom. The van der Waals surface area contributed by atoms with Crippen LogP contribution in [0.5, 0.6) is 0 Å². The summed E-state index contributed by atoms with van der Waals surface area (Å²) in [6.45, 7) is 3.37. The van der Waals surface area contributed by atoms with Gasteiger partial charge in [0.05, 0.1) is 4.92 Å². The first-order valence-electron chi connectivity index (χ1n) is 6.84. The van der Waals surface area contributed by atoms with Crippen LogP contribution in [0.15, 0.2) is 18.2 Å². The first-order chi connectivity index (χ1) is 9.58. The molecular formula is C14H19N3O3. The summed E-state index contributed by atoms with van der Waals surface area (Å²) in [5.74, 6) is -0.376. The molecule has 1 amide bonds. The van der Waals surface area contributed by atoms with Gasteiger partial charge in [0.15, 0.2) is 0 Å². The molecule has 2 rings (SSSR count). The minimum Gasteiger partial charge on any atom is -0.352 e. The van der Waals surface area contributed by atoms with E-state index < -0.39 is 4.92 Å². The molecule has 0 bridgehead atoms. The molecule has 6 nitrogen and oxygen atoms in total. The maximum atomic E-state index is 12.1. The van der Waals surface area contributed by atoms with Crippen LogP contribution in [0.25, 0.3) is 0 Å². The van der Waals surface area contributed by atoms with Gasteiger partial charge < -0.3 is 10.6 Å². The first kappa shape index (κ1) is 14.5. The lowest BCUT2D eigenvalue weighted by Crippen LogP contribution is -2.30. The third kappa shape index (κ3) is 3.54. The Labute approximate surface area is 117 Å². The molecule has 2 N–H and O–H groups in total. The smallest absolute Gasteiger partial charge is 0.282 e. The number of nitro benzene ring substituents is 1. The Kier molecular flexibility index (Phi) is 4.68. The van der Waals surface area contributed by atoms with E-state index in [4.69, 9.17) is 0 Å². The number of benzene rings is 1. The van der Waals surface area contributed by atoms with Gasteiger partial charge in [-0.15, -0.1) is 0 Å². The van der Waals surface area contributed by atoms with Gasteiger partial charge in [0.25, 0.3) is 11.6 Å². The second-order valence-corrected chi connectivity index (χ2v) is 5.12. The van der Waals surface area contributed by atoms with Crippen molar-refractivity contribution in [2.75, 3.05) is 13.1 Å². The third-order valence-electron chi connectivity index (χ3n) is 3.53. The number of carbonyl (C=O) groups is 1. The predicted molar refractivity (Wildman–Crippen MR) is 75.8 cm³/mol. The van der Waals surface area contributed by atoms with Crippen molar-refractivity contribution in [3.63, 3.8) is 0 Å². The van der Waals surface area contributed by atoms with Crippen molar-refractivity contribution in [1.29, 1.82) is 0 Å². The number of nitrogens with zero attached hydrogens (tertiary/aromatic N) is 1. The second-order valence-electron chi connectivity index (χ2n) is 5.12. The monoisotopic (exact) mass is 277 g/mol. The van der Waals surface area contributed by atoms with Crippen molar-refractivity contribution in [3.05, 3.63) is 39.4 Å². The number of nitro groups is 1. The van der Waals surface area contributed by atoms with E-state index in [1.54, 1.807) is 12.1 Å². The van der Waals surface area contributed by atoms with Crippen LogP contribution in [-0.2, 0) is 0 Å². The fourth-order valence-electron chi connectivity index (χ4n) is 2.45.